The van der Waals surface area contributed by atoms with Gasteiger partial charge in [0.2, 0.25) is 0 Å². The van der Waals surface area contributed by atoms with E-state index in [4.69, 9.17) is 0 Å². The van der Waals surface area contributed by atoms with Crippen molar-refractivity contribution in [2.45, 2.75) is 24.9 Å². The molecule has 2 unspecified atom stereocenters. The summed E-state index contributed by atoms with van der Waals surface area (Å²) >= 11 is 1.77. The van der Waals surface area contributed by atoms with Gasteiger partial charge in [-0.2, -0.15) is 0 Å². The summed E-state index contributed by atoms with van der Waals surface area (Å²) in [5.41, 5.74) is 0. The largest absolute Gasteiger partial charge is 0.394 e. The van der Waals surface area contributed by atoms with Gasteiger partial charge in [-0.3, -0.25) is 0 Å². The van der Waals surface area contributed by atoms with Crippen LogP contribution < -0.4 is 10.2 Å². The maximum absolute atomic E-state index is 9.50. The van der Waals surface area contributed by atoms with E-state index in [0.717, 1.165) is 37.6 Å². The minimum Gasteiger partial charge on any atom is -0.394 e. The van der Waals surface area contributed by atoms with Gasteiger partial charge >= 0.3 is 0 Å². The molecule has 0 bridgehead atoms. The standard InChI is InChI=1S/C17H25N5OS/c1-21(2)14(15-6-4-8-24-15)10-18-16-9-17(20-12-19-16)22-7-3-5-13(22)11-23/h4,6,8-9,12-14,23H,3,5,7,10-11H2,1-2H3,(H,18,19,20). The molecule has 0 aliphatic carbocycles. The summed E-state index contributed by atoms with van der Waals surface area (Å²) in [7, 11) is 4.18. The fraction of sp³-hybridized carbons (Fsp3) is 0.529. The molecule has 24 heavy (non-hydrogen) atoms. The zero-order valence-corrected chi connectivity index (χ0v) is 15.0. The van der Waals surface area contributed by atoms with E-state index in [9.17, 15) is 5.11 Å². The summed E-state index contributed by atoms with van der Waals surface area (Å²) in [6.07, 6.45) is 3.71. The highest BCUT2D eigenvalue weighted by Crippen LogP contribution is 2.26. The van der Waals surface area contributed by atoms with Crippen molar-refractivity contribution in [2.75, 3.05) is 44.0 Å². The summed E-state index contributed by atoms with van der Waals surface area (Å²) in [6.45, 7) is 1.90. The Morgan fingerprint density at radius 2 is 2.33 bits per heavy atom. The average molecular weight is 347 g/mol. The van der Waals surface area contributed by atoms with Gasteiger partial charge in [-0.05, 0) is 38.4 Å². The number of aromatic nitrogens is 2. The van der Waals surface area contributed by atoms with Crippen molar-refractivity contribution in [1.82, 2.24) is 14.9 Å². The van der Waals surface area contributed by atoms with Crippen LogP contribution in [0.15, 0.2) is 29.9 Å². The van der Waals surface area contributed by atoms with E-state index in [1.54, 1.807) is 17.7 Å². The number of nitrogens with one attached hydrogen (secondary N) is 1. The van der Waals surface area contributed by atoms with E-state index < -0.39 is 0 Å². The molecule has 0 amide bonds. The first-order valence-corrected chi connectivity index (χ1v) is 9.20. The Morgan fingerprint density at radius 1 is 1.46 bits per heavy atom. The van der Waals surface area contributed by atoms with Crippen molar-refractivity contribution in [3.05, 3.63) is 34.8 Å². The van der Waals surface area contributed by atoms with E-state index in [1.165, 1.54) is 4.88 Å². The van der Waals surface area contributed by atoms with Crippen molar-refractivity contribution in [3.63, 3.8) is 0 Å². The molecule has 2 N–H and O–H groups in total. The molecule has 2 aromatic rings. The summed E-state index contributed by atoms with van der Waals surface area (Å²) in [5, 5.41) is 15.0. The van der Waals surface area contributed by atoms with Crippen molar-refractivity contribution in [2.24, 2.45) is 0 Å². The molecule has 6 nitrogen and oxygen atoms in total. The third kappa shape index (κ3) is 3.85. The zero-order valence-electron chi connectivity index (χ0n) is 14.2. The highest BCUT2D eigenvalue weighted by molar-refractivity contribution is 7.10. The molecule has 1 fully saturated rings. The Labute approximate surface area is 147 Å². The van der Waals surface area contributed by atoms with E-state index in [-0.39, 0.29) is 12.6 Å². The van der Waals surface area contributed by atoms with Crippen LogP contribution in [0.5, 0.6) is 0 Å². The number of aliphatic hydroxyl groups excluding tert-OH is 1. The minimum atomic E-state index is 0.174. The summed E-state index contributed by atoms with van der Waals surface area (Å²) in [5.74, 6) is 1.72. The number of hydrogen-bond acceptors (Lipinski definition) is 7. The normalized spacial score (nSPS) is 19.0. The Balaban J connectivity index is 1.68. The molecule has 3 heterocycles. The molecule has 0 radical (unpaired) electrons. The van der Waals surface area contributed by atoms with Crippen LogP contribution in [0.2, 0.25) is 0 Å². The molecule has 0 aromatic carbocycles. The molecule has 0 saturated carbocycles. The lowest BCUT2D eigenvalue weighted by Crippen LogP contribution is -2.32. The van der Waals surface area contributed by atoms with Crippen LogP contribution in [-0.2, 0) is 0 Å². The molecule has 0 spiro atoms. The fourth-order valence-electron chi connectivity index (χ4n) is 3.15. The predicted octanol–water partition coefficient (Wildman–Crippen LogP) is 2.21. The second-order valence-electron chi connectivity index (χ2n) is 6.31. The van der Waals surface area contributed by atoms with Gasteiger partial charge in [-0.1, -0.05) is 6.07 Å². The van der Waals surface area contributed by atoms with Gasteiger partial charge in [0, 0.05) is 24.0 Å². The van der Waals surface area contributed by atoms with Gasteiger partial charge in [0.15, 0.2) is 0 Å². The lowest BCUT2D eigenvalue weighted by Gasteiger charge is -2.25. The zero-order chi connectivity index (χ0) is 16.9. The molecule has 1 aliphatic rings. The highest BCUT2D eigenvalue weighted by Gasteiger charge is 2.25. The van der Waals surface area contributed by atoms with Crippen LogP contribution in [0.1, 0.15) is 23.8 Å². The molecule has 130 valence electrons. The lowest BCUT2D eigenvalue weighted by atomic mass is 10.2. The van der Waals surface area contributed by atoms with E-state index >= 15 is 0 Å². The van der Waals surface area contributed by atoms with Gasteiger partial charge in [-0.25, -0.2) is 9.97 Å². The number of aliphatic hydroxyl groups is 1. The average Bonchev–Trinajstić information content (AvgIpc) is 3.26. The maximum atomic E-state index is 9.50. The van der Waals surface area contributed by atoms with Gasteiger partial charge < -0.3 is 20.2 Å². The number of hydrogen-bond donors (Lipinski definition) is 2. The van der Waals surface area contributed by atoms with E-state index in [0.29, 0.717) is 6.04 Å². The second kappa shape index (κ2) is 7.92. The van der Waals surface area contributed by atoms with E-state index in [1.807, 2.05) is 6.07 Å². The molecule has 1 aliphatic heterocycles. The Bertz CT molecular complexity index is 634. The van der Waals surface area contributed by atoms with Crippen LogP contribution in [0.25, 0.3) is 0 Å². The van der Waals surface area contributed by atoms with Crippen molar-refractivity contribution in [3.8, 4) is 0 Å². The molecule has 3 rings (SSSR count). The molecular formula is C17H25N5OS. The van der Waals surface area contributed by atoms with Gasteiger partial charge in [-0.15, -0.1) is 11.3 Å². The van der Waals surface area contributed by atoms with Crippen molar-refractivity contribution >= 4 is 23.0 Å². The first-order chi connectivity index (χ1) is 11.7. The molecule has 2 aromatic heterocycles. The highest BCUT2D eigenvalue weighted by atomic mass is 32.1. The van der Waals surface area contributed by atoms with Crippen LogP contribution >= 0.6 is 11.3 Å². The monoisotopic (exact) mass is 347 g/mol. The summed E-state index contributed by atoms with van der Waals surface area (Å²) in [6, 6.07) is 6.71. The lowest BCUT2D eigenvalue weighted by molar-refractivity contribution is 0.266. The third-order valence-corrected chi connectivity index (χ3v) is 5.48. The van der Waals surface area contributed by atoms with Crippen LogP contribution in [0.4, 0.5) is 11.6 Å². The number of nitrogens with zero attached hydrogens (tertiary/aromatic N) is 4. The van der Waals surface area contributed by atoms with Gasteiger partial charge in [0.25, 0.3) is 0 Å². The van der Waals surface area contributed by atoms with Crippen LogP contribution in [0.3, 0.4) is 0 Å². The van der Waals surface area contributed by atoms with Crippen molar-refractivity contribution in [1.29, 1.82) is 0 Å². The minimum absolute atomic E-state index is 0.174. The van der Waals surface area contributed by atoms with Gasteiger partial charge in [0.1, 0.15) is 18.0 Å². The quantitative estimate of drug-likeness (QED) is 0.801. The number of anilines is 2. The van der Waals surface area contributed by atoms with E-state index in [2.05, 4.69) is 56.7 Å². The molecular weight excluding hydrogens is 322 g/mol. The number of rotatable bonds is 7. The van der Waals surface area contributed by atoms with Crippen LogP contribution in [-0.4, -0.2) is 59.8 Å². The predicted molar refractivity (Wildman–Crippen MR) is 98.7 cm³/mol. The first kappa shape index (κ1) is 17.1. The SMILES string of the molecule is CN(C)C(CNc1cc(N2CCCC2CO)ncn1)c1cccs1. The second-order valence-corrected chi connectivity index (χ2v) is 7.29. The Kier molecular flexibility index (Phi) is 5.65. The molecule has 1 saturated heterocycles. The Hall–Kier alpha value is -1.70. The number of likely N-dealkylation sites (N-methyl/N-ethyl adjacent to an activating group) is 1. The smallest absolute Gasteiger partial charge is 0.134 e. The van der Waals surface area contributed by atoms with Crippen molar-refractivity contribution < 1.29 is 5.11 Å². The molecule has 7 heteroatoms. The maximum Gasteiger partial charge on any atom is 0.134 e. The fourth-order valence-corrected chi connectivity index (χ4v) is 4.07. The topological polar surface area (TPSA) is 64.5 Å². The molecule has 2 atom stereocenters. The summed E-state index contributed by atoms with van der Waals surface area (Å²) in [4.78, 5) is 14.5. The Morgan fingerprint density at radius 3 is 3.04 bits per heavy atom. The van der Waals surface area contributed by atoms with Crippen LogP contribution in [0, 0.1) is 0 Å². The third-order valence-electron chi connectivity index (χ3n) is 4.51. The summed E-state index contributed by atoms with van der Waals surface area (Å²) < 4.78 is 0. The first-order valence-electron chi connectivity index (χ1n) is 8.32. The number of thiophene rings is 1. The van der Waals surface area contributed by atoms with Gasteiger partial charge in [0.05, 0.1) is 18.7 Å².